The molecule has 0 aliphatic carbocycles. The van der Waals surface area contributed by atoms with Crippen LogP contribution < -0.4 is 5.32 Å². The first kappa shape index (κ1) is 15.2. The number of hydrogen-bond acceptors (Lipinski definition) is 2. The maximum Gasteiger partial charge on any atom is 0.110 e. The van der Waals surface area contributed by atoms with E-state index in [1.165, 1.54) is 25.1 Å². The summed E-state index contributed by atoms with van der Waals surface area (Å²) in [5.74, 6) is 1.94. The van der Waals surface area contributed by atoms with Gasteiger partial charge in [0.2, 0.25) is 0 Å². The van der Waals surface area contributed by atoms with Crippen molar-refractivity contribution >= 4 is 0 Å². The van der Waals surface area contributed by atoms with Gasteiger partial charge in [0.1, 0.15) is 5.82 Å². The first-order chi connectivity index (χ1) is 8.72. The molecular formula is C15H29N3. The van der Waals surface area contributed by atoms with Crippen LogP contribution in [0, 0.1) is 5.92 Å². The molecule has 0 saturated carbocycles. The van der Waals surface area contributed by atoms with E-state index in [4.69, 9.17) is 0 Å². The lowest BCUT2D eigenvalue weighted by Gasteiger charge is -2.24. The van der Waals surface area contributed by atoms with Crippen LogP contribution in [0.5, 0.6) is 0 Å². The second-order valence-corrected chi connectivity index (χ2v) is 5.17. The predicted molar refractivity (Wildman–Crippen MR) is 77.8 cm³/mol. The first-order valence-electron chi connectivity index (χ1n) is 7.46. The van der Waals surface area contributed by atoms with Crippen LogP contribution in [0.1, 0.15) is 52.8 Å². The van der Waals surface area contributed by atoms with Gasteiger partial charge in [0.15, 0.2) is 0 Å². The molecule has 2 atom stereocenters. The lowest BCUT2D eigenvalue weighted by molar-refractivity contribution is 0.349. The van der Waals surface area contributed by atoms with Crippen LogP contribution in [0.4, 0.5) is 0 Å². The second kappa shape index (κ2) is 8.30. The van der Waals surface area contributed by atoms with Crippen LogP contribution in [0.2, 0.25) is 0 Å². The predicted octanol–water partition coefficient (Wildman–Crippen LogP) is 3.25. The highest BCUT2D eigenvalue weighted by Gasteiger charge is 2.18. The smallest absolute Gasteiger partial charge is 0.110 e. The molecule has 0 saturated heterocycles. The molecular weight excluding hydrogens is 222 g/mol. The van der Waals surface area contributed by atoms with Crippen molar-refractivity contribution < 1.29 is 0 Å². The van der Waals surface area contributed by atoms with Crippen LogP contribution in [0.25, 0.3) is 0 Å². The fourth-order valence-electron chi connectivity index (χ4n) is 2.56. The Bertz CT molecular complexity index is 319. The van der Waals surface area contributed by atoms with Crippen molar-refractivity contribution in [2.75, 3.05) is 6.54 Å². The van der Waals surface area contributed by atoms with E-state index in [1.54, 1.807) is 0 Å². The third-order valence-corrected chi connectivity index (χ3v) is 3.57. The van der Waals surface area contributed by atoms with Gasteiger partial charge in [-0.2, -0.15) is 0 Å². The van der Waals surface area contributed by atoms with Crippen LogP contribution in [-0.4, -0.2) is 22.1 Å². The third-order valence-electron chi connectivity index (χ3n) is 3.57. The molecule has 1 heterocycles. The average molecular weight is 251 g/mol. The third kappa shape index (κ3) is 4.45. The van der Waals surface area contributed by atoms with Crippen LogP contribution in [0.15, 0.2) is 12.4 Å². The van der Waals surface area contributed by atoms with Crippen molar-refractivity contribution in [3.8, 4) is 0 Å². The molecule has 1 N–H and O–H groups in total. The highest BCUT2D eigenvalue weighted by Crippen LogP contribution is 2.15. The number of rotatable bonds is 9. The summed E-state index contributed by atoms with van der Waals surface area (Å²) in [7, 11) is 0. The average Bonchev–Trinajstić information content (AvgIpc) is 2.77. The monoisotopic (exact) mass is 251 g/mol. The molecule has 18 heavy (non-hydrogen) atoms. The van der Waals surface area contributed by atoms with Gasteiger partial charge in [-0.05, 0) is 25.3 Å². The highest BCUT2D eigenvalue weighted by atomic mass is 15.1. The van der Waals surface area contributed by atoms with Gasteiger partial charge in [0.25, 0.3) is 0 Å². The number of nitrogens with zero attached hydrogens (tertiary/aromatic N) is 2. The van der Waals surface area contributed by atoms with Crippen molar-refractivity contribution in [1.29, 1.82) is 0 Å². The Labute approximate surface area is 112 Å². The fraction of sp³-hybridized carbons (Fsp3) is 0.800. The zero-order valence-electron chi connectivity index (χ0n) is 12.4. The number of nitrogens with one attached hydrogen (secondary N) is 1. The van der Waals surface area contributed by atoms with E-state index in [0.717, 1.165) is 19.5 Å². The van der Waals surface area contributed by atoms with Crippen molar-refractivity contribution in [2.24, 2.45) is 5.92 Å². The summed E-state index contributed by atoms with van der Waals surface area (Å²) in [6.45, 7) is 11.1. The summed E-state index contributed by atoms with van der Waals surface area (Å²) in [4.78, 5) is 4.52. The molecule has 1 rings (SSSR count). The quantitative estimate of drug-likeness (QED) is 0.730. The zero-order valence-corrected chi connectivity index (χ0v) is 12.4. The Morgan fingerprint density at radius 2 is 2.06 bits per heavy atom. The maximum absolute atomic E-state index is 4.52. The fourth-order valence-corrected chi connectivity index (χ4v) is 2.56. The molecule has 0 spiro atoms. The minimum absolute atomic E-state index is 0.549. The molecule has 3 heteroatoms. The largest absolute Gasteiger partial charge is 0.335 e. The Hall–Kier alpha value is -0.830. The van der Waals surface area contributed by atoms with Gasteiger partial charge in [-0.25, -0.2) is 4.98 Å². The molecule has 1 aromatic heterocycles. The van der Waals surface area contributed by atoms with Crippen molar-refractivity contribution in [2.45, 2.75) is 66.0 Å². The van der Waals surface area contributed by atoms with Crippen molar-refractivity contribution in [3.05, 3.63) is 18.2 Å². The Morgan fingerprint density at radius 3 is 2.67 bits per heavy atom. The Morgan fingerprint density at radius 1 is 1.28 bits per heavy atom. The topological polar surface area (TPSA) is 29.9 Å². The molecule has 104 valence electrons. The lowest BCUT2D eigenvalue weighted by Crippen LogP contribution is -2.37. The minimum Gasteiger partial charge on any atom is -0.335 e. The number of hydrogen-bond donors (Lipinski definition) is 1. The summed E-state index contributed by atoms with van der Waals surface area (Å²) in [5, 5.41) is 3.62. The normalized spacial score (nSPS) is 14.7. The van der Waals surface area contributed by atoms with Crippen LogP contribution in [-0.2, 0) is 13.0 Å². The van der Waals surface area contributed by atoms with Crippen LogP contribution >= 0.6 is 0 Å². The maximum atomic E-state index is 4.52. The van der Waals surface area contributed by atoms with Gasteiger partial charge < -0.3 is 9.88 Å². The number of aromatic nitrogens is 2. The van der Waals surface area contributed by atoms with Crippen LogP contribution in [0.3, 0.4) is 0 Å². The van der Waals surface area contributed by atoms with Gasteiger partial charge in [-0.15, -0.1) is 0 Å². The van der Waals surface area contributed by atoms with Crippen molar-refractivity contribution in [1.82, 2.24) is 14.9 Å². The summed E-state index contributed by atoms with van der Waals surface area (Å²) in [6.07, 6.45) is 8.78. The zero-order chi connectivity index (χ0) is 13.4. The molecule has 0 amide bonds. The highest BCUT2D eigenvalue weighted by molar-refractivity contribution is 4.96. The molecule has 2 unspecified atom stereocenters. The molecule has 3 nitrogen and oxygen atoms in total. The SMILES string of the molecule is CCCC(C)C(Cc1nccn1CCC)NCC. The van der Waals surface area contributed by atoms with E-state index in [2.05, 4.69) is 48.8 Å². The summed E-state index contributed by atoms with van der Waals surface area (Å²) < 4.78 is 2.29. The minimum atomic E-state index is 0.549. The Balaban J connectivity index is 2.66. The lowest BCUT2D eigenvalue weighted by atomic mass is 9.94. The number of likely N-dealkylation sites (N-methyl/N-ethyl adjacent to an activating group) is 1. The van der Waals surface area contributed by atoms with E-state index in [1.807, 2.05) is 6.20 Å². The van der Waals surface area contributed by atoms with Gasteiger partial charge in [0.05, 0.1) is 0 Å². The van der Waals surface area contributed by atoms with Gasteiger partial charge >= 0.3 is 0 Å². The molecule has 0 fully saturated rings. The van der Waals surface area contributed by atoms with Gasteiger partial charge in [0, 0.05) is 31.4 Å². The van der Waals surface area contributed by atoms with E-state index >= 15 is 0 Å². The van der Waals surface area contributed by atoms with E-state index in [9.17, 15) is 0 Å². The van der Waals surface area contributed by atoms with E-state index in [-0.39, 0.29) is 0 Å². The summed E-state index contributed by atoms with van der Waals surface area (Å²) in [6, 6.07) is 0.549. The van der Waals surface area contributed by atoms with Gasteiger partial charge in [-0.3, -0.25) is 0 Å². The molecule has 1 aromatic rings. The van der Waals surface area contributed by atoms with Gasteiger partial charge in [-0.1, -0.05) is 34.1 Å². The molecule has 0 bridgehead atoms. The Kier molecular flexibility index (Phi) is 7.02. The second-order valence-electron chi connectivity index (χ2n) is 5.17. The summed E-state index contributed by atoms with van der Waals surface area (Å²) >= 11 is 0. The molecule has 0 aliphatic heterocycles. The van der Waals surface area contributed by atoms with Crippen molar-refractivity contribution in [3.63, 3.8) is 0 Å². The standard InChI is InChI=1S/C15H29N3/c1-5-8-13(4)14(16-7-3)12-15-17-9-11-18(15)10-6-2/h9,11,13-14,16H,5-8,10,12H2,1-4H3. The van der Waals surface area contributed by atoms with E-state index < -0.39 is 0 Å². The first-order valence-corrected chi connectivity index (χ1v) is 7.46. The molecule has 0 aliphatic rings. The summed E-state index contributed by atoms with van der Waals surface area (Å²) in [5.41, 5.74) is 0. The van der Waals surface area contributed by atoms with E-state index in [0.29, 0.717) is 12.0 Å². The molecule has 0 radical (unpaired) electrons. The molecule has 0 aromatic carbocycles. The number of aryl methyl sites for hydroxylation is 1. The number of imidazole rings is 1.